The van der Waals surface area contributed by atoms with Crippen LogP contribution in [0.4, 0.5) is 0 Å². The first-order chi connectivity index (χ1) is 13.3. The van der Waals surface area contributed by atoms with Gasteiger partial charge in [0.1, 0.15) is 22.3 Å². The molecule has 9 nitrogen and oxygen atoms in total. The number of aryl methyl sites for hydroxylation is 1. The maximum atomic E-state index is 12.7. The smallest absolute Gasteiger partial charge is 0.249 e. The summed E-state index contributed by atoms with van der Waals surface area (Å²) in [5.41, 5.74) is 6.43. The third-order valence-electron chi connectivity index (χ3n) is 4.02. The molecule has 0 saturated heterocycles. The lowest BCUT2D eigenvalue weighted by Gasteiger charge is -2.04. The maximum Gasteiger partial charge on any atom is 0.249 e. The van der Waals surface area contributed by atoms with Gasteiger partial charge >= 0.3 is 0 Å². The van der Waals surface area contributed by atoms with E-state index in [2.05, 4.69) is 15.2 Å². The van der Waals surface area contributed by atoms with Crippen molar-refractivity contribution in [1.82, 2.24) is 19.7 Å². The lowest BCUT2D eigenvalue weighted by Crippen LogP contribution is -2.15. The summed E-state index contributed by atoms with van der Waals surface area (Å²) in [4.78, 5) is 15.3. The summed E-state index contributed by atoms with van der Waals surface area (Å²) in [6.45, 7) is 0. The lowest BCUT2D eigenvalue weighted by atomic mass is 10.2. The van der Waals surface area contributed by atoms with Crippen LogP contribution in [0.15, 0.2) is 34.8 Å². The molecule has 0 spiro atoms. The summed E-state index contributed by atoms with van der Waals surface area (Å²) < 4.78 is 32.0. The Morgan fingerprint density at radius 3 is 2.61 bits per heavy atom. The molecule has 0 bridgehead atoms. The number of rotatable bonds is 8. The summed E-state index contributed by atoms with van der Waals surface area (Å²) in [6.07, 6.45) is 0.302. The molecule has 0 unspecified atom stereocenters. The van der Waals surface area contributed by atoms with Crippen LogP contribution in [-0.4, -0.2) is 41.2 Å². The van der Waals surface area contributed by atoms with Crippen LogP contribution < -0.4 is 10.5 Å². The SMILES string of the molecule is COc1ccc(-c2nc(CS(=O)(=O)c3nnc(CCC(N)=O)n3C)cs2)cc1. The Morgan fingerprint density at radius 1 is 1.25 bits per heavy atom. The minimum Gasteiger partial charge on any atom is -0.497 e. The van der Waals surface area contributed by atoms with Gasteiger partial charge in [0.15, 0.2) is 0 Å². The van der Waals surface area contributed by atoms with Crippen molar-refractivity contribution >= 4 is 27.1 Å². The van der Waals surface area contributed by atoms with Crippen LogP contribution >= 0.6 is 11.3 Å². The molecule has 148 valence electrons. The summed E-state index contributed by atoms with van der Waals surface area (Å²) in [7, 11) is -0.605. The first kappa shape index (κ1) is 20.0. The van der Waals surface area contributed by atoms with Crippen LogP contribution in [0.2, 0.25) is 0 Å². The highest BCUT2D eigenvalue weighted by molar-refractivity contribution is 7.90. The van der Waals surface area contributed by atoms with Crippen molar-refractivity contribution in [3.63, 3.8) is 0 Å². The average molecular weight is 422 g/mol. The third kappa shape index (κ3) is 4.37. The molecule has 1 aromatic carbocycles. The van der Waals surface area contributed by atoms with E-state index in [-0.39, 0.29) is 23.8 Å². The maximum absolute atomic E-state index is 12.7. The van der Waals surface area contributed by atoms with Gasteiger partial charge in [0.25, 0.3) is 0 Å². The number of nitrogens with two attached hydrogens (primary N) is 1. The molecule has 2 heterocycles. The van der Waals surface area contributed by atoms with Gasteiger partial charge in [-0.2, -0.15) is 0 Å². The molecule has 3 aromatic rings. The molecular weight excluding hydrogens is 402 g/mol. The second-order valence-corrected chi connectivity index (χ2v) is 8.80. The molecule has 28 heavy (non-hydrogen) atoms. The van der Waals surface area contributed by atoms with Crippen LogP contribution in [0, 0.1) is 0 Å². The van der Waals surface area contributed by atoms with Crippen molar-refractivity contribution < 1.29 is 17.9 Å². The Morgan fingerprint density at radius 2 is 1.96 bits per heavy atom. The first-order valence-electron chi connectivity index (χ1n) is 8.28. The van der Waals surface area contributed by atoms with Gasteiger partial charge in [0.05, 0.1) is 12.8 Å². The van der Waals surface area contributed by atoms with Gasteiger partial charge in [-0.1, -0.05) is 0 Å². The van der Waals surface area contributed by atoms with Crippen molar-refractivity contribution in [2.75, 3.05) is 7.11 Å². The number of nitrogens with zero attached hydrogens (tertiary/aromatic N) is 4. The fourth-order valence-corrected chi connectivity index (χ4v) is 4.85. The fourth-order valence-electron chi connectivity index (χ4n) is 2.57. The van der Waals surface area contributed by atoms with Gasteiger partial charge in [0, 0.05) is 30.8 Å². The molecule has 2 aromatic heterocycles. The van der Waals surface area contributed by atoms with Gasteiger partial charge in [-0.05, 0) is 24.3 Å². The molecule has 0 aliphatic heterocycles. The van der Waals surface area contributed by atoms with Crippen molar-refractivity contribution in [2.45, 2.75) is 23.8 Å². The zero-order valence-corrected chi connectivity index (χ0v) is 17.0. The van der Waals surface area contributed by atoms with E-state index in [9.17, 15) is 13.2 Å². The molecule has 0 aliphatic rings. The molecule has 0 aliphatic carbocycles. The van der Waals surface area contributed by atoms with E-state index in [1.807, 2.05) is 24.3 Å². The molecule has 0 radical (unpaired) electrons. The molecule has 0 saturated carbocycles. The molecule has 0 atom stereocenters. The normalized spacial score (nSPS) is 11.5. The molecular formula is C17H19N5O4S2. The number of ether oxygens (including phenoxy) is 1. The molecule has 0 fully saturated rings. The number of hydrogen-bond donors (Lipinski definition) is 1. The highest BCUT2D eigenvalue weighted by atomic mass is 32.2. The zero-order chi connectivity index (χ0) is 20.3. The number of hydrogen-bond acceptors (Lipinski definition) is 8. The van der Waals surface area contributed by atoms with Gasteiger partial charge in [-0.15, -0.1) is 21.5 Å². The monoisotopic (exact) mass is 421 g/mol. The van der Waals surface area contributed by atoms with Crippen LogP contribution in [0.25, 0.3) is 10.6 Å². The largest absolute Gasteiger partial charge is 0.497 e. The van der Waals surface area contributed by atoms with Gasteiger partial charge in [-0.3, -0.25) is 4.79 Å². The molecule has 1 amide bonds. The van der Waals surface area contributed by atoms with E-state index in [0.717, 1.165) is 11.3 Å². The van der Waals surface area contributed by atoms with Gasteiger partial charge < -0.3 is 15.0 Å². The topological polar surface area (TPSA) is 130 Å². The first-order valence-corrected chi connectivity index (χ1v) is 10.8. The highest BCUT2D eigenvalue weighted by Crippen LogP contribution is 2.27. The minimum absolute atomic E-state index is 0.0727. The quantitative estimate of drug-likeness (QED) is 0.581. The van der Waals surface area contributed by atoms with Crippen molar-refractivity contribution in [2.24, 2.45) is 12.8 Å². The van der Waals surface area contributed by atoms with Crippen molar-refractivity contribution in [3.8, 4) is 16.3 Å². The lowest BCUT2D eigenvalue weighted by molar-refractivity contribution is -0.118. The van der Waals surface area contributed by atoms with Crippen LogP contribution in [0.3, 0.4) is 0 Å². The molecule has 11 heteroatoms. The highest BCUT2D eigenvalue weighted by Gasteiger charge is 2.25. The molecule has 2 N–H and O–H groups in total. The van der Waals surface area contributed by atoms with E-state index in [4.69, 9.17) is 10.5 Å². The van der Waals surface area contributed by atoms with E-state index in [1.54, 1.807) is 19.5 Å². The number of carbonyl (C=O) groups excluding carboxylic acids is 1. The summed E-state index contributed by atoms with van der Waals surface area (Å²) in [5, 5.41) is 9.91. The number of aromatic nitrogens is 4. The number of amides is 1. The van der Waals surface area contributed by atoms with E-state index >= 15 is 0 Å². The molecule has 3 rings (SSSR count). The van der Waals surface area contributed by atoms with Crippen LogP contribution in [-0.2, 0) is 33.9 Å². The Balaban J connectivity index is 1.78. The number of sulfone groups is 1. The number of carbonyl (C=O) groups is 1. The number of benzene rings is 1. The third-order valence-corrected chi connectivity index (χ3v) is 6.55. The summed E-state index contributed by atoms with van der Waals surface area (Å²) in [5.74, 6) is 0.342. The van der Waals surface area contributed by atoms with E-state index < -0.39 is 15.7 Å². The van der Waals surface area contributed by atoms with Crippen molar-refractivity contribution in [1.29, 1.82) is 0 Å². The van der Waals surface area contributed by atoms with Gasteiger partial charge in [0.2, 0.25) is 20.9 Å². The van der Waals surface area contributed by atoms with Gasteiger partial charge in [-0.25, -0.2) is 13.4 Å². The van der Waals surface area contributed by atoms with E-state index in [0.29, 0.717) is 16.5 Å². The summed E-state index contributed by atoms with van der Waals surface area (Å²) in [6, 6.07) is 7.37. The van der Waals surface area contributed by atoms with Crippen LogP contribution in [0.1, 0.15) is 17.9 Å². The predicted molar refractivity (Wildman–Crippen MR) is 104 cm³/mol. The number of methoxy groups -OCH3 is 1. The number of thiazole rings is 1. The number of primary amides is 1. The van der Waals surface area contributed by atoms with Crippen LogP contribution in [0.5, 0.6) is 5.75 Å². The van der Waals surface area contributed by atoms with E-state index in [1.165, 1.54) is 15.9 Å². The second-order valence-electron chi connectivity index (χ2n) is 6.06. The Labute approximate surface area is 166 Å². The fraction of sp³-hybridized carbons (Fsp3) is 0.294. The minimum atomic E-state index is -3.74. The average Bonchev–Trinajstić information content (AvgIpc) is 3.26. The van der Waals surface area contributed by atoms with Crippen molar-refractivity contribution in [3.05, 3.63) is 41.2 Å². The Kier molecular flexibility index (Phi) is 5.75. The second kappa shape index (κ2) is 8.07. The predicted octanol–water partition coefficient (Wildman–Crippen LogP) is 1.34. The summed E-state index contributed by atoms with van der Waals surface area (Å²) >= 11 is 1.36. The Bertz CT molecular complexity index is 1090. The standard InChI is InChI=1S/C17H19N5O4S2/c1-22-15(8-7-14(18)23)20-21-17(22)28(24,25)10-12-9-27-16(19-12)11-3-5-13(26-2)6-4-11/h3-6,9H,7-8,10H2,1-2H3,(H2,18,23). The Hall–Kier alpha value is -2.79. The zero-order valence-electron chi connectivity index (χ0n) is 15.3.